The van der Waals surface area contributed by atoms with E-state index in [4.69, 9.17) is 0 Å². The van der Waals surface area contributed by atoms with E-state index in [1.54, 1.807) is 0 Å². The molecule has 1 fully saturated rings. The van der Waals surface area contributed by atoms with E-state index < -0.39 is 0 Å². The molecule has 20 heavy (non-hydrogen) atoms. The highest BCUT2D eigenvalue weighted by Gasteiger charge is 2.29. The summed E-state index contributed by atoms with van der Waals surface area (Å²) in [5, 5.41) is 6.15. The van der Waals surface area contributed by atoms with E-state index in [1.165, 1.54) is 12.8 Å². The van der Waals surface area contributed by atoms with Gasteiger partial charge >= 0.3 is 6.03 Å². The second kappa shape index (κ2) is 6.96. The lowest BCUT2D eigenvalue weighted by Gasteiger charge is -2.27. The Kier molecular flexibility index (Phi) is 5.27. The molecule has 0 bridgehead atoms. The minimum atomic E-state index is -0.0547. The van der Waals surface area contributed by atoms with Crippen LogP contribution < -0.4 is 10.6 Å². The maximum atomic E-state index is 12.2. The van der Waals surface area contributed by atoms with Gasteiger partial charge in [-0.05, 0) is 43.1 Å². The molecule has 112 valence electrons. The number of carbonyl (C=O) groups is 1. The Bertz CT molecular complexity index is 400. The van der Waals surface area contributed by atoms with Crippen LogP contribution in [0.4, 0.5) is 4.79 Å². The van der Waals surface area contributed by atoms with Crippen molar-refractivity contribution in [3.63, 3.8) is 0 Å². The zero-order chi connectivity index (χ0) is 14.5. The first-order valence-corrected chi connectivity index (χ1v) is 8.00. The third-order valence-corrected chi connectivity index (χ3v) is 4.87. The van der Waals surface area contributed by atoms with E-state index >= 15 is 0 Å². The number of rotatable bonds is 2. The molecule has 0 aromatic rings. The SMILES string of the molecule is CC1CCC(C)[C@@H](C)[C@H](NC(=O)NC2=CCCC=C2)C1. The molecule has 0 saturated heterocycles. The minimum Gasteiger partial charge on any atom is -0.335 e. The van der Waals surface area contributed by atoms with Crippen LogP contribution in [-0.2, 0) is 0 Å². The van der Waals surface area contributed by atoms with Gasteiger partial charge in [0.05, 0.1) is 0 Å². The van der Waals surface area contributed by atoms with Crippen LogP contribution in [-0.4, -0.2) is 12.1 Å². The fourth-order valence-electron chi connectivity index (χ4n) is 3.20. The van der Waals surface area contributed by atoms with Crippen molar-refractivity contribution in [3.05, 3.63) is 23.9 Å². The molecule has 2 rings (SSSR count). The van der Waals surface area contributed by atoms with Crippen LogP contribution in [0.2, 0.25) is 0 Å². The molecule has 2 aliphatic rings. The second-order valence-electron chi connectivity index (χ2n) is 6.60. The van der Waals surface area contributed by atoms with Crippen molar-refractivity contribution in [2.45, 2.75) is 58.9 Å². The molecule has 2 N–H and O–H groups in total. The Labute approximate surface area is 122 Å². The molecule has 4 atom stereocenters. The molecule has 2 aliphatic carbocycles. The summed E-state index contributed by atoms with van der Waals surface area (Å²) < 4.78 is 0. The van der Waals surface area contributed by atoms with E-state index in [0.29, 0.717) is 17.8 Å². The fraction of sp³-hybridized carbons (Fsp3) is 0.706. The van der Waals surface area contributed by atoms with Crippen LogP contribution in [0.1, 0.15) is 52.9 Å². The third kappa shape index (κ3) is 4.12. The average Bonchev–Trinajstić information content (AvgIpc) is 2.54. The second-order valence-corrected chi connectivity index (χ2v) is 6.60. The fourth-order valence-corrected chi connectivity index (χ4v) is 3.20. The monoisotopic (exact) mass is 276 g/mol. The van der Waals surface area contributed by atoms with Crippen LogP contribution in [0.3, 0.4) is 0 Å². The van der Waals surface area contributed by atoms with E-state index in [1.807, 2.05) is 6.08 Å². The Morgan fingerprint density at radius 3 is 2.70 bits per heavy atom. The number of amides is 2. The van der Waals surface area contributed by atoms with Crippen LogP contribution in [0, 0.1) is 17.8 Å². The van der Waals surface area contributed by atoms with Gasteiger partial charge in [-0.2, -0.15) is 0 Å². The van der Waals surface area contributed by atoms with Crippen molar-refractivity contribution in [1.29, 1.82) is 0 Å². The number of nitrogens with one attached hydrogen (secondary N) is 2. The summed E-state index contributed by atoms with van der Waals surface area (Å²) in [5.41, 5.74) is 0.927. The Balaban J connectivity index is 1.91. The summed E-state index contributed by atoms with van der Waals surface area (Å²) in [6, 6.07) is 0.233. The van der Waals surface area contributed by atoms with Crippen LogP contribution in [0.25, 0.3) is 0 Å². The number of hydrogen-bond acceptors (Lipinski definition) is 1. The molecular formula is C17H28N2O. The number of hydrogen-bond donors (Lipinski definition) is 2. The molecule has 0 aliphatic heterocycles. The van der Waals surface area contributed by atoms with Crippen molar-refractivity contribution in [3.8, 4) is 0 Å². The van der Waals surface area contributed by atoms with Gasteiger partial charge < -0.3 is 10.6 Å². The largest absolute Gasteiger partial charge is 0.335 e. The molecule has 0 radical (unpaired) electrons. The smallest absolute Gasteiger partial charge is 0.319 e. The molecule has 0 spiro atoms. The van der Waals surface area contributed by atoms with Crippen molar-refractivity contribution >= 4 is 6.03 Å². The highest BCUT2D eigenvalue weighted by molar-refractivity contribution is 5.76. The third-order valence-electron chi connectivity index (χ3n) is 4.87. The molecule has 0 aromatic heterocycles. The quantitative estimate of drug-likeness (QED) is 0.736. The molecule has 0 aromatic carbocycles. The van der Waals surface area contributed by atoms with Crippen molar-refractivity contribution < 1.29 is 4.79 Å². The van der Waals surface area contributed by atoms with Gasteiger partial charge in [-0.25, -0.2) is 4.79 Å². The number of allylic oxidation sites excluding steroid dienone is 3. The molecule has 2 amide bonds. The Morgan fingerprint density at radius 1 is 1.20 bits per heavy atom. The van der Waals surface area contributed by atoms with Gasteiger partial charge in [-0.15, -0.1) is 0 Å². The van der Waals surface area contributed by atoms with Crippen molar-refractivity contribution in [1.82, 2.24) is 10.6 Å². The minimum absolute atomic E-state index is 0.0547. The van der Waals surface area contributed by atoms with Crippen molar-refractivity contribution in [2.24, 2.45) is 17.8 Å². The lowest BCUT2D eigenvalue weighted by molar-refractivity contribution is 0.225. The zero-order valence-electron chi connectivity index (χ0n) is 13.0. The predicted octanol–water partition coefficient (Wildman–Crippen LogP) is 3.98. The summed E-state index contributed by atoms with van der Waals surface area (Å²) in [5.74, 6) is 1.92. The van der Waals surface area contributed by atoms with Crippen LogP contribution in [0.5, 0.6) is 0 Å². The number of urea groups is 1. The zero-order valence-corrected chi connectivity index (χ0v) is 13.0. The summed E-state index contributed by atoms with van der Waals surface area (Å²) >= 11 is 0. The number of carbonyl (C=O) groups excluding carboxylic acids is 1. The molecule has 3 nitrogen and oxygen atoms in total. The first-order valence-electron chi connectivity index (χ1n) is 8.00. The lowest BCUT2D eigenvalue weighted by atomic mass is 9.87. The van der Waals surface area contributed by atoms with Gasteiger partial charge in [0.2, 0.25) is 0 Å². The van der Waals surface area contributed by atoms with Gasteiger partial charge in [0.1, 0.15) is 0 Å². The first-order chi connectivity index (χ1) is 9.56. The van der Waals surface area contributed by atoms with E-state index in [-0.39, 0.29) is 12.1 Å². The molecule has 1 saturated carbocycles. The van der Waals surface area contributed by atoms with Gasteiger partial charge in [0, 0.05) is 11.7 Å². The topological polar surface area (TPSA) is 41.1 Å². The Morgan fingerprint density at radius 2 is 2.00 bits per heavy atom. The van der Waals surface area contributed by atoms with Gasteiger partial charge in [-0.3, -0.25) is 0 Å². The van der Waals surface area contributed by atoms with Gasteiger partial charge in [0.25, 0.3) is 0 Å². The molecule has 2 unspecified atom stereocenters. The van der Waals surface area contributed by atoms with E-state index in [9.17, 15) is 4.79 Å². The van der Waals surface area contributed by atoms with Gasteiger partial charge in [-0.1, -0.05) is 45.8 Å². The average molecular weight is 276 g/mol. The first kappa shape index (κ1) is 15.1. The highest BCUT2D eigenvalue weighted by Crippen LogP contribution is 2.31. The summed E-state index contributed by atoms with van der Waals surface area (Å²) in [6.07, 6.45) is 11.9. The maximum absolute atomic E-state index is 12.2. The summed E-state index contributed by atoms with van der Waals surface area (Å²) in [6.45, 7) is 6.87. The normalized spacial score (nSPS) is 34.0. The van der Waals surface area contributed by atoms with Gasteiger partial charge in [0.15, 0.2) is 0 Å². The lowest BCUT2D eigenvalue weighted by Crippen LogP contribution is -2.45. The van der Waals surface area contributed by atoms with E-state index in [2.05, 4.69) is 43.6 Å². The van der Waals surface area contributed by atoms with Crippen molar-refractivity contribution in [2.75, 3.05) is 0 Å². The van der Waals surface area contributed by atoms with Crippen LogP contribution >= 0.6 is 0 Å². The highest BCUT2D eigenvalue weighted by atomic mass is 16.2. The van der Waals surface area contributed by atoms with E-state index in [0.717, 1.165) is 25.0 Å². The Hall–Kier alpha value is -1.25. The molecule has 3 heteroatoms. The summed E-state index contributed by atoms with van der Waals surface area (Å²) in [7, 11) is 0. The van der Waals surface area contributed by atoms with Crippen LogP contribution in [0.15, 0.2) is 23.9 Å². The predicted molar refractivity (Wildman–Crippen MR) is 83.3 cm³/mol. The maximum Gasteiger partial charge on any atom is 0.319 e. The molecular weight excluding hydrogens is 248 g/mol. The summed E-state index contributed by atoms with van der Waals surface area (Å²) in [4.78, 5) is 12.2. The molecule has 0 heterocycles. The standard InChI is InChI=1S/C17H28N2O/c1-12-9-10-13(2)14(3)16(11-12)19-17(20)18-15-7-5-4-6-8-15/h5,7-8,12-14,16H,4,6,9-11H2,1-3H3,(H2,18,19,20)/t12?,13?,14-,16-/m1/s1.